The molecule has 0 fully saturated rings. The van der Waals surface area contributed by atoms with Crippen molar-refractivity contribution in [3.05, 3.63) is 34.4 Å². The minimum Gasteiger partial charge on any atom is -0.465 e. The summed E-state index contributed by atoms with van der Waals surface area (Å²) >= 11 is 0. The molecule has 1 aromatic rings. The van der Waals surface area contributed by atoms with Crippen molar-refractivity contribution in [1.82, 2.24) is 0 Å². The van der Waals surface area contributed by atoms with Crippen molar-refractivity contribution >= 4 is 11.8 Å². The minimum absolute atomic E-state index is 0.0644. The van der Waals surface area contributed by atoms with Crippen molar-refractivity contribution in [1.29, 1.82) is 0 Å². The molecule has 0 amide bonds. The first kappa shape index (κ1) is 10.9. The number of hydrogen-bond donors (Lipinski definition) is 0. The van der Waals surface area contributed by atoms with Crippen LogP contribution in [-0.4, -0.2) is 18.9 Å². The Hall–Kier alpha value is -1.64. The van der Waals surface area contributed by atoms with E-state index < -0.39 is 0 Å². The topological polar surface area (TPSA) is 43.4 Å². The van der Waals surface area contributed by atoms with E-state index in [2.05, 4.69) is 0 Å². The highest BCUT2D eigenvalue weighted by Gasteiger charge is 2.23. The van der Waals surface area contributed by atoms with Crippen LogP contribution in [0, 0.1) is 0 Å². The van der Waals surface area contributed by atoms with Gasteiger partial charge in [-0.15, -0.1) is 0 Å². The molecule has 1 aliphatic carbocycles. The van der Waals surface area contributed by atoms with E-state index in [0.29, 0.717) is 5.56 Å². The molecule has 0 radical (unpaired) electrons. The molecule has 0 bridgehead atoms. The number of esters is 1. The summed E-state index contributed by atoms with van der Waals surface area (Å²) in [7, 11) is 1.38. The Morgan fingerprint density at radius 3 is 2.25 bits per heavy atom. The third kappa shape index (κ3) is 1.62. The van der Waals surface area contributed by atoms with Gasteiger partial charge in [-0.1, -0.05) is 6.07 Å². The highest BCUT2D eigenvalue weighted by Crippen LogP contribution is 2.29. The lowest BCUT2D eigenvalue weighted by Crippen LogP contribution is -2.08. The maximum Gasteiger partial charge on any atom is 0.338 e. The summed E-state index contributed by atoms with van der Waals surface area (Å²) in [6, 6.07) is 3.44. The van der Waals surface area contributed by atoms with Crippen molar-refractivity contribution < 1.29 is 14.3 Å². The zero-order valence-corrected chi connectivity index (χ0v) is 9.50. The fourth-order valence-corrected chi connectivity index (χ4v) is 2.34. The maximum absolute atomic E-state index is 11.5. The lowest BCUT2D eigenvalue weighted by Gasteiger charge is -2.09. The molecule has 1 aromatic carbocycles. The van der Waals surface area contributed by atoms with Crippen LogP contribution < -0.4 is 0 Å². The van der Waals surface area contributed by atoms with E-state index in [1.807, 2.05) is 0 Å². The van der Waals surface area contributed by atoms with E-state index in [1.54, 1.807) is 19.1 Å². The van der Waals surface area contributed by atoms with Crippen molar-refractivity contribution in [3.8, 4) is 0 Å². The second kappa shape index (κ2) is 4.08. The van der Waals surface area contributed by atoms with Gasteiger partial charge in [-0.3, -0.25) is 4.79 Å². The summed E-state index contributed by atoms with van der Waals surface area (Å²) in [5.41, 5.74) is 3.40. The summed E-state index contributed by atoms with van der Waals surface area (Å²) < 4.78 is 4.74. The Labute approximate surface area is 94.4 Å². The van der Waals surface area contributed by atoms with Gasteiger partial charge in [0.1, 0.15) is 0 Å². The number of rotatable bonds is 2. The van der Waals surface area contributed by atoms with Crippen molar-refractivity contribution in [2.45, 2.75) is 26.2 Å². The third-order valence-electron chi connectivity index (χ3n) is 3.07. The highest BCUT2D eigenvalue weighted by atomic mass is 16.5. The molecule has 0 N–H and O–H groups in total. The second-order valence-electron chi connectivity index (χ2n) is 4.02. The highest BCUT2D eigenvalue weighted by molar-refractivity contribution is 5.99. The SMILES string of the molecule is COC(=O)c1ccc(C(C)=O)c2c1CCC2. The molecule has 0 aromatic heterocycles. The molecule has 3 nitrogen and oxygen atoms in total. The van der Waals surface area contributed by atoms with Crippen LogP contribution in [0.15, 0.2) is 12.1 Å². The van der Waals surface area contributed by atoms with Gasteiger partial charge < -0.3 is 4.74 Å². The van der Waals surface area contributed by atoms with E-state index >= 15 is 0 Å². The quantitative estimate of drug-likeness (QED) is 0.564. The number of benzene rings is 1. The number of carbonyl (C=O) groups excluding carboxylic acids is 2. The van der Waals surface area contributed by atoms with Crippen LogP contribution in [0.3, 0.4) is 0 Å². The Kier molecular flexibility index (Phi) is 2.77. The first-order valence-corrected chi connectivity index (χ1v) is 5.39. The Morgan fingerprint density at radius 1 is 1.12 bits per heavy atom. The molecule has 84 valence electrons. The monoisotopic (exact) mass is 218 g/mol. The number of carbonyl (C=O) groups is 2. The van der Waals surface area contributed by atoms with Gasteiger partial charge in [0.25, 0.3) is 0 Å². The molecule has 0 saturated carbocycles. The van der Waals surface area contributed by atoms with Crippen molar-refractivity contribution in [2.24, 2.45) is 0 Å². The standard InChI is InChI=1S/C13H14O3/c1-8(14)9-6-7-12(13(15)16-2)11-5-3-4-10(9)11/h6-7H,3-5H2,1-2H3. The molecule has 3 heteroatoms. The van der Waals surface area contributed by atoms with E-state index in [1.165, 1.54) is 7.11 Å². The van der Waals surface area contributed by atoms with Gasteiger partial charge in [-0.25, -0.2) is 4.79 Å². The Morgan fingerprint density at radius 2 is 1.69 bits per heavy atom. The van der Waals surface area contributed by atoms with Gasteiger partial charge in [-0.05, 0) is 43.4 Å². The van der Waals surface area contributed by atoms with Crippen LogP contribution in [0.25, 0.3) is 0 Å². The molecule has 0 aliphatic heterocycles. The number of ketones is 1. The normalized spacial score (nSPS) is 13.4. The average molecular weight is 218 g/mol. The molecule has 0 atom stereocenters. The zero-order chi connectivity index (χ0) is 11.7. The van der Waals surface area contributed by atoms with Gasteiger partial charge in [0.15, 0.2) is 5.78 Å². The minimum atomic E-state index is -0.312. The summed E-state index contributed by atoms with van der Waals surface area (Å²) in [6.07, 6.45) is 2.75. The predicted octanol–water partition coefficient (Wildman–Crippen LogP) is 2.16. The fraction of sp³-hybridized carbons (Fsp3) is 0.385. The van der Waals surface area contributed by atoms with Crippen molar-refractivity contribution in [3.63, 3.8) is 0 Å². The fourth-order valence-electron chi connectivity index (χ4n) is 2.34. The smallest absolute Gasteiger partial charge is 0.338 e. The second-order valence-corrected chi connectivity index (χ2v) is 4.02. The van der Waals surface area contributed by atoms with Gasteiger partial charge in [0.2, 0.25) is 0 Å². The lowest BCUT2D eigenvalue weighted by atomic mass is 9.96. The van der Waals surface area contributed by atoms with Crippen molar-refractivity contribution in [2.75, 3.05) is 7.11 Å². The molecule has 2 rings (SSSR count). The molecular formula is C13H14O3. The van der Waals surface area contributed by atoms with Gasteiger partial charge in [-0.2, -0.15) is 0 Å². The first-order chi connectivity index (χ1) is 7.65. The summed E-state index contributed by atoms with van der Waals surface area (Å²) in [4.78, 5) is 23.0. The molecule has 0 heterocycles. The van der Waals surface area contributed by atoms with Crippen LogP contribution in [0.1, 0.15) is 45.2 Å². The van der Waals surface area contributed by atoms with Crippen LogP contribution in [0.5, 0.6) is 0 Å². The van der Waals surface area contributed by atoms with E-state index in [9.17, 15) is 9.59 Å². The summed E-state index contributed by atoms with van der Waals surface area (Å²) in [5, 5.41) is 0. The average Bonchev–Trinajstić information content (AvgIpc) is 2.75. The van der Waals surface area contributed by atoms with Gasteiger partial charge in [0, 0.05) is 5.56 Å². The number of methoxy groups -OCH3 is 1. The van der Waals surface area contributed by atoms with E-state index in [4.69, 9.17) is 4.74 Å². The van der Waals surface area contributed by atoms with E-state index in [-0.39, 0.29) is 11.8 Å². The number of Topliss-reactive ketones (excluding diaryl/α,β-unsaturated/α-hetero) is 1. The Balaban J connectivity index is 2.57. The summed E-state index contributed by atoms with van der Waals surface area (Å²) in [5.74, 6) is -0.247. The van der Waals surface area contributed by atoms with Crippen LogP contribution in [0.4, 0.5) is 0 Å². The molecule has 16 heavy (non-hydrogen) atoms. The Bertz CT molecular complexity index is 460. The van der Waals surface area contributed by atoms with Gasteiger partial charge in [0.05, 0.1) is 12.7 Å². The zero-order valence-electron chi connectivity index (χ0n) is 9.50. The largest absolute Gasteiger partial charge is 0.465 e. The van der Waals surface area contributed by atoms with Crippen LogP contribution >= 0.6 is 0 Å². The molecular weight excluding hydrogens is 204 g/mol. The maximum atomic E-state index is 11.5. The first-order valence-electron chi connectivity index (χ1n) is 5.39. The number of hydrogen-bond acceptors (Lipinski definition) is 3. The molecule has 1 aliphatic rings. The van der Waals surface area contributed by atoms with Crippen LogP contribution in [-0.2, 0) is 17.6 Å². The number of ether oxygens (including phenoxy) is 1. The van der Waals surface area contributed by atoms with Crippen LogP contribution in [0.2, 0.25) is 0 Å². The molecule has 0 unspecified atom stereocenters. The molecule has 0 saturated heterocycles. The summed E-state index contributed by atoms with van der Waals surface area (Å²) in [6.45, 7) is 1.56. The third-order valence-corrected chi connectivity index (χ3v) is 3.07. The number of fused-ring (bicyclic) bond motifs is 1. The molecule has 0 spiro atoms. The predicted molar refractivity (Wildman–Crippen MR) is 59.8 cm³/mol. The van der Waals surface area contributed by atoms with E-state index in [0.717, 1.165) is 36.0 Å². The lowest BCUT2D eigenvalue weighted by molar-refractivity contribution is 0.0599. The van der Waals surface area contributed by atoms with Gasteiger partial charge >= 0.3 is 5.97 Å².